The Morgan fingerprint density at radius 2 is 2.22 bits per heavy atom. The molecule has 0 aromatic rings. The first kappa shape index (κ1) is 4.73. The lowest BCUT2D eigenvalue weighted by molar-refractivity contribution is 0.176. The molecule has 50 valence electrons. The number of hydrogen-bond donors (Lipinski definition) is 0. The number of likely N-dealkylation sites (tertiary alicyclic amines) is 1. The van der Waals surface area contributed by atoms with Crippen LogP contribution in [0.5, 0.6) is 0 Å². The standard InChI is InChI=1S/C8H13N/c1-9-7-3-2-6-4-5-8(6,7)9/h6-7H,2-5H2,1H3. The quantitative estimate of drug-likeness (QED) is 0.438. The molecule has 1 aliphatic heterocycles. The molecule has 0 radical (unpaired) electrons. The van der Waals surface area contributed by atoms with Gasteiger partial charge in [-0.1, -0.05) is 0 Å². The van der Waals surface area contributed by atoms with Crippen LogP contribution in [0.1, 0.15) is 25.7 Å². The van der Waals surface area contributed by atoms with Gasteiger partial charge in [-0.05, 0) is 38.6 Å². The molecular formula is C8H13N. The van der Waals surface area contributed by atoms with E-state index in [9.17, 15) is 0 Å². The Bertz CT molecular complexity index is 162. The molecule has 3 aliphatic rings. The van der Waals surface area contributed by atoms with E-state index in [1.165, 1.54) is 25.7 Å². The van der Waals surface area contributed by atoms with Gasteiger partial charge in [-0.25, -0.2) is 0 Å². The lowest BCUT2D eigenvalue weighted by Gasteiger charge is -2.34. The van der Waals surface area contributed by atoms with Crippen LogP contribution in [0.2, 0.25) is 0 Å². The van der Waals surface area contributed by atoms with Gasteiger partial charge in [0.05, 0.1) is 0 Å². The van der Waals surface area contributed by atoms with Crippen LogP contribution in [0, 0.1) is 5.92 Å². The summed E-state index contributed by atoms with van der Waals surface area (Å²) in [6.07, 6.45) is 6.08. The molecule has 2 saturated carbocycles. The van der Waals surface area contributed by atoms with Crippen LogP contribution in [0.3, 0.4) is 0 Å². The van der Waals surface area contributed by atoms with Crippen molar-refractivity contribution >= 4 is 0 Å². The van der Waals surface area contributed by atoms with Crippen LogP contribution < -0.4 is 0 Å². The Morgan fingerprint density at radius 3 is 2.56 bits per heavy atom. The van der Waals surface area contributed by atoms with Crippen LogP contribution in [-0.2, 0) is 0 Å². The van der Waals surface area contributed by atoms with Crippen LogP contribution in [0.4, 0.5) is 0 Å². The zero-order valence-corrected chi connectivity index (χ0v) is 5.93. The topological polar surface area (TPSA) is 3.01 Å². The summed E-state index contributed by atoms with van der Waals surface area (Å²) in [5.41, 5.74) is 0.792. The van der Waals surface area contributed by atoms with E-state index in [2.05, 4.69) is 11.9 Å². The molecule has 4 unspecified atom stereocenters. The first-order chi connectivity index (χ1) is 4.36. The first-order valence-corrected chi connectivity index (χ1v) is 4.08. The molecule has 2 aliphatic carbocycles. The van der Waals surface area contributed by atoms with Crippen LogP contribution in [-0.4, -0.2) is 23.5 Å². The summed E-state index contributed by atoms with van der Waals surface area (Å²) in [6, 6.07) is 1.02. The van der Waals surface area contributed by atoms with Gasteiger partial charge in [0.15, 0.2) is 0 Å². The molecule has 3 rings (SSSR count). The van der Waals surface area contributed by atoms with Crippen LogP contribution in [0.15, 0.2) is 0 Å². The van der Waals surface area contributed by atoms with Gasteiger partial charge < -0.3 is 0 Å². The predicted molar refractivity (Wildman–Crippen MR) is 36.2 cm³/mol. The molecule has 9 heavy (non-hydrogen) atoms. The smallest absolute Gasteiger partial charge is 0.0393 e. The average Bonchev–Trinajstić information content (AvgIpc) is 2.28. The van der Waals surface area contributed by atoms with Gasteiger partial charge in [-0.2, -0.15) is 0 Å². The molecule has 1 spiro atoms. The summed E-state index contributed by atoms with van der Waals surface area (Å²) < 4.78 is 0. The minimum absolute atomic E-state index is 0.792. The highest BCUT2D eigenvalue weighted by Crippen LogP contribution is 2.65. The monoisotopic (exact) mass is 123 g/mol. The van der Waals surface area contributed by atoms with Crippen molar-refractivity contribution in [2.24, 2.45) is 5.92 Å². The molecule has 4 atom stereocenters. The number of hydrogen-bond acceptors (Lipinski definition) is 1. The SMILES string of the molecule is CN1C2CCC3CCC321. The third-order valence-corrected chi connectivity index (χ3v) is 4.02. The molecule has 1 nitrogen and oxygen atoms in total. The first-order valence-electron chi connectivity index (χ1n) is 4.08. The van der Waals surface area contributed by atoms with Crippen molar-refractivity contribution in [2.75, 3.05) is 7.05 Å². The van der Waals surface area contributed by atoms with E-state index >= 15 is 0 Å². The van der Waals surface area contributed by atoms with Crippen molar-refractivity contribution in [1.82, 2.24) is 4.90 Å². The largest absolute Gasteiger partial charge is 0.294 e. The third kappa shape index (κ3) is 0.295. The van der Waals surface area contributed by atoms with E-state index in [1.54, 1.807) is 0 Å². The summed E-state index contributed by atoms with van der Waals surface area (Å²) in [6.45, 7) is 0. The summed E-state index contributed by atoms with van der Waals surface area (Å²) in [4.78, 5) is 2.60. The fourth-order valence-electron chi connectivity index (χ4n) is 3.31. The Hall–Kier alpha value is -0.0400. The normalized spacial score (nSPS) is 68.3. The number of likely N-dealkylation sites (N-methyl/N-ethyl adjacent to an activating group) is 1. The fourth-order valence-corrected chi connectivity index (χ4v) is 3.31. The zero-order valence-electron chi connectivity index (χ0n) is 5.93. The Kier molecular flexibility index (Phi) is 0.563. The van der Waals surface area contributed by atoms with Crippen molar-refractivity contribution in [3.05, 3.63) is 0 Å². The van der Waals surface area contributed by atoms with Gasteiger partial charge in [0.2, 0.25) is 0 Å². The second-order valence-electron chi connectivity index (χ2n) is 3.93. The average molecular weight is 123 g/mol. The molecular weight excluding hydrogens is 110 g/mol. The summed E-state index contributed by atoms with van der Waals surface area (Å²) in [5.74, 6) is 1.12. The predicted octanol–water partition coefficient (Wildman–Crippen LogP) is 1.24. The zero-order chi connectivity index (χ0) is 6.06. The maximum atomic E-state index is 2.60. The molecule has 1 heterocycles. The van der Waals surface area contributed by atoms with E-state index in [1.807, 2.05) is 0 Å². The van der Waals surface area contributed by atoms with Gasteiger partial charge in [0, 0.05) is 11.6 Å². The van der Waals surface area contributed by atoms with E-state index in [-0.39, 0.29) is 0 Å². The molecule has 0 amide bonds. The maximum absolute atomic E-state index is 2.60. The summed E-state index contributed by atoms with van der Waals surface area (Å²) in [7, 11) is 2.30. The summed E-state index contributed by atoms with van der Waals surface area (Å²) in [5, 5.41) is 0. The van der Waals surface area contributed by atoms with Gasteiger partial charge in [0.25, 0.3) is 0 Å². The number of rotatable bonds is 0. The number of piperidine rings is 1. The highest BCUT2D eigenvalue weighted by atomic mass is 15.4. The van der Waals surface area contributed by atoms with Crippen molar-refractivity contribution in [3.63, 3.8) is 0 Å². The van der Waals surface area contributed by atoms with Gasteiger partial charge in [-0.3, -0.25) is 4.90 Å². The van der Waals surface area contributed by atoms with Gasteiger partial charge in [0.1, 0.15) is 0 Å². The Balaban J connectivity index is 1.99. The molecule has 1 heteroatoms. The molecule has 0 bridgehead atoms. The van der Waals surface area contributed by atoms with Crippen molar-refractivity contribution in [3.8, 4) is 0 Å². The maximum Gasteiger partial charge on any atom is 0.0393 e. The number of nitrogens with zero attached hydrogens (tertiary/aromatic N) is 1. The molecule has 3 fully saturated rings. The highest BCUT2D eigenvalue weighted by molar-refractivity contribution is 5.27. The minimum Gasteiger partial charge on any atom is -0.294 e. The van der Waals surface area contributed by atoms with Crippen molar-refractivity contribution in [2.45, 2.75) is 37.3 Å². The molecule has 0 aromatic carbocycles. The Morgan fingerprint density at radius 1 is 1.33 bits per heavy atom. The van der Waals surface area contributed by atoms with Crippen LogP contribution >= 0.6 is 0 Å². The molecule has 0 aromatic heterocycles. The fraction of sp³-hybridized carbons (Fsp3) is 1.00. The third-order valence-electron chi connectivity index (χ3n) is 4.02. The van der Waals surface area contributed by atoms with Crippen molar-refractivity contribution < 1.29 is 0 Å². The minimum atomic E-state index is 0.792. The van der Waals surface area contributed by atoms with E-state index in [0.29, 0.717) is 0 Å². The van der Waals surface area contributed by atoms with E-state index < -0.39 is 0 Å². The van der Waals surface area contributed by atoms with Crippen LogP contribution in [0.25, 0.3) is 0 Å². The van der Waals surface area contributed by atoms with Gasteiger partial charge in [-0.15, -0.1) is 0 Å². The van der Waals surface area contributed by atoms with E-state index in [4.69, 9.17) is 0 Å². The summed E-state index contributed by atoms with van der Waals surface area (Å²) >= 11 is 0. The molecule has 0 N–H and O–H groups in total. The highest BCUT2D eigenvalue weighted by Gasteiger charge is 2.71. The lowest BCUT2D eigenvalue weighted by Crippen LogP contribution is -2.36. The Labute approximate surface area is 56.0 Å². The second kappa shape index (κ2) is 1.07. The van der Waals surface area contributed by atoms with Crippen molar-refractivity contribution in [1.29, 1.82) is 0 Å². The second-order valence-corrected chi connectivity index (χ2v) is 3.93. The van der Waals surface area contributed by atoms with E-state index in [0.717, 1.165) is 17.5 Å². The lowest BCUT2D eigenvalue weighted by atomic mass is 9.74. The van der Waals surface area contributed by atoms with Gasteiger partial charge >= 0.3 is 0 Å². The molecule has 1 saturated heterocycles.